The number of alkyl halides is 3. The van der Waals surface area contributed by atoms with E-state index in [1.165, 1.54) is 18.1 Å². The van der Waals surface area contributed by atoms with Crippen LogP contribution in [0.2, 0.25) is 0 Å². The Morgan fingerprint density at radius 3 is 2.55 bits per heavy atom. The maximum atomic E-state index is 13.1. The molecule has 38 heavy (non-hydrogen) atoms. The fourth-order valence-corrected chi connectivity index (χ4v) is 5.13. The van der Waals surface area contributed by atoms with Crippen LogP contribution in [0.1, 0.15) is 58.3 Å². The number of methoxy groups -OCH3 is 1. The fraction of sp³-hybridized carbons (Fsp3) is 0.429. The standard InChI is InChI=1S/C28H29F3N4O3/c1-16-21(12-23(36)19-5-6-24(38-4)20(11-19)13-32)14-33-26-25(16)22(15-34(26)3)18-7-9-35(10-8-18)27(37)17(2)28(29,30)31/h5-6,11,14-15,17-18H,7-10,12H2,1-4H3/t17-/m1/s1. The van der Waals surface area contributed by atoms with Crippen molar-refractivity contribution >= 4 is 22.7 Å². The number of amides is 1. The number of ketones is 1. The van der Waals surface area contributed by atoms with Crippen LogP contribution in [-0.4, -0.2) is 52.5 Å². The van der Waals surface area contributed by atoms with Crippen LogP contribution in [0.25, 0.3) is 11.0 Å². The van der Waals surface area contributed by atoms with Crippen molar-refractivity contribution in [2.45, 2.75) is 45.2 Å². The van der Waals surface area contributed by atoms with Crippen molar-refractivity contribution in [1.29, 1.82) is 5.26 Å². The van der Waals surface area contributed by atoms with E-state index in [9.17, 15) is 28.0 Å². The lowest BCUT2D eigenvalue weighted by Crippen LogP contribution is -2.44. The number of pyridine rings is 1. The van der Waals surface area contributed by atoms with Gasteiger partial charge in [-0.25, -0.2) is 4.98 Å². The quantitative estimate of drug-likeness (QED) is 0.418. The van der Waals surface area contributed by atoms with E-state index in [2.05, 4.69) is 4.98 Å². The second kappa shape index (κ2) is 10.5. The molecule has 1 atom stereocenters. The Kier molecular flexibility index (Phi) is 7.49. The molecular weight excluding hydrogens is 497 g/mol. The number of hydrogen-bond acceptors (Lipinski definition) is 5. The Bertz CT molecular complexity index is 1430. The number of hydrogen-bond donors (Lipinski definition) is 0. The number of halogens is 3. The van der Waals surface area contributed by atoms with Gasteiger partial charge in [-0.3, -0.25) is 9.59 Å². The van der Waals surface area contributed by atoms with Gasteiger partial charge in [0.25, 0.3) is 0 Å². The van der Waals surface area contributed by atoms with E-state index in [0.29, 0.717) is 24.2 Å². The molecule has 0 saturated carbocycles. The van der Waals surface area contributed by atoms with Crippen molar-refractivity contribution in [3.63, 3.8) is 0 Å². The molecule has 4 rings (SSSR count). The highest BCUT2D eigenvalue weighted by atomic mass is 19.4. The minimum Gasteiger partial charge on any atom is -0.495 e. The number of nitrogens with zero attached hydrogens (tertiary/aromatic N) is 4. The molecular formula is C28H29F3N4O3. The van der Waals surface area contributed by atoms with Gasteiger partial charge in [-0.2, -0.15) is 18.4 Å². The first-order valence-electron chi connectivity index (χ1n) is 12.4. The zero-order valence-corrected chi connectivity index (χ0v) is 21.7. The average molecular weight is 527 g/mol. The Balaban J connectivity index is 1.57. The molecule has 7 nitrogen and oxygen atoms in total. The van der Waals surface area contributed by atoms with Gasteiger partial charge >= 0.3 is 6.18 Å². The molecule has 1 aromatic carbocycles. The number of aryl methyl sites for hydroxylation is 2. The van der Waals surface area contributed by atoms with Crippen molar-refractivity contribution in [2.75, 3.05) is 20.2 Å². The Morgan fingerprint density at radius 1 is 1.26 bits per heavy atom. The minimum absolute atomic E-state index is 0.0511. The van der Waals surface area contributed by atoms with Crippen LogP contribution in [-0.2, 0) is 18.3 Å². The summed E-state index contributed by atoms with van der Waals surface area (Å²) in [6, 6.07) is 6.79. The van der Waals surface area contributed by atoms with Crippen LogP contribution < -0.4 is 4.74 Å². The first kappa shape index (κ1) is 27.2. The normalized spacial score (nSPS) is 15.4. The van der Waals surface area contributed by atoms with Gasteiger partial charge in [0.05, 0.1) is 12.7 Å². The van der Waals surface area contributed by atoms with Gasteiger partial charge < -0.3 is 14.2 Å². The predicted molar refractivity (Wildman–Crippen MR) is 135 cm³/mol. The number of Topliss-reactive ketones (excluding diaryl/α,β-unsaturated/α-hetero) is 1. The van der Waals surface area contributed by atoms with E-state index in [1.807, 2.05) is 30.8 Å². The van der Waals surface area contributed by atoms with Crippen molar-refractivity contribution < 1.29 is 27.5 Å². The van der Waals surface area contributed by atoms with Crippen LogP contribution in [0, 0.1) is 24.2 Å². The highest BCUT2D eigenvalue weighted by Gasteiger charge is 2.43. The smallest absolute Gasteiger partial charge is 0.400 e. The van der Waals surface area contributed by atoms with E-state index in [4.69, 9.17) is 4.74 Å². The van der Waals surface area contributed by atoms with Gasteiger partial charge in [0.2, 0.25) is 5.91 Å². The third-order valence-electron chi connectivity index (χ3n) is 7.48. The maximum Gasteiger partial charge on any atom is 0.400 e. The van der Waals surface area contributed by atoms with Gasteiger partial charge in [-0.05, 0) is 67.5 Å². The summed E-state index contributed by atoms with van der Waals surface area (Å²) in [5.41, 5.74) is 4.14. The van der Waals surface area contributed by atoms with E-state index in [1.54, 1.807) is 18.3 Å². The topological polar surface area (TPSA) is 88.2 Å². The molecule has 0 spiro atoms. The molecule has 1 aliphatic rings. The Hall–Kier alpha value is -3.87. The fourth-order valence-electron chi connectivity index (χ4n) is 5.13. The third-order valence-corrected chi connectivity index (χ3v) is 7.48. The first-order chi connectivity index (χ1) is 18.0. The van der Waals surface area contributed by atoms with Crippen molar-refractivity contribution in [1.82, 2.24) is 14.5 Å². The van der Waals surface area contributed by atoms with E-state index < -0.39 is 18.0 Å². The molecule has 1 fully saturated rings. The number of piperidine rings is 1. The highest BCUT2D eigenvalue weighted by molar-refractivity contribution is 5.99. The first-order valence-corrected chi connectivity index (χ1v) is 12.4. The monoisotopic (exact) mass is 526 g/mol. The molecule has 200 valence electrons. The molecule has 0 bridgehead atoms. The van der Waals surface area contributed by atoms with Crippen LogP contribution >= 0.6 is 0 Å². The maximum absolute atomic E-state index is 13.1. The molecule has 1 amide bonds. The second-order valence-electron chi connectivity index (χ2n) is 9.79. The number of likely N-dealkylation sites (tertiary alicyclic amines) is 1. The summed E-state index contributed by atoms with van der Waals surface area (Å²) in [6.07, 6.45) is 0.305. The zero-order chi connectivity index (χ0) is 27.8. The molecule has 0 unspecified atom stereocenters. The molecule has 3 aromatic rings. The summed E-state index contributed by atoms with van der Waals surface area (Å²) in [7, 11) is 3.34. The summed E-state index contributed by atoms with van der Waals surface area (Å²) >= 11 is 0. The summed E-state index contributed by atoms with van der Waals surface area (Å²) in [5.74, 6) is -2.60. The SMILES string of the molecule is COc1ccc(C(=O)Cc2cnc3c(c(C4CCN(C(=O)[C@@H](C)C(F)(F)F)CC4)cn3C)c2C)cc1C#N. The van der Waals surface area contributed by atoms with E-state index in [-0.39, 0.29) is 36.8 Å². The zero-order valence-electron chi connectivity index (χ0n) is 21.7. The number of ether oxygens (including phenoxy) is 1. The van der Waals surface area contributed by atoms with Crippen LogP contribution in [0.5, 0.6) is 5.75 Å². The van der Waals surface area contributed by atoms with Gasteiger partial charge in [-0.15, -0.1) is 0 Å². The minimum atomic E-state index is -4.55. The Labute approximate surface area is 218 Å². The molecule has 2 aromatic heterocycles. The molecule has 0 aliphatic carbocycles. The Morgan fingerprint density at radius 2 is 1.95 bits per heavy atom. The molecule has 0 radical (unpaired) electrons. The number of rotatable bonds is 6. The molecule has 1 saturated heterocycles. The summed E-state index contributed by atoms with van der Waals surface area (Å²) in [5, 5.41) is 10.3. The van der Waals surface area contributed by atoms with Crippen LogP contribution in [0.15, 0.2) is 30.6 Å². The van der Waals surface area contributed by atoms with Crippen molar-refractivity contribution in [3.8, 4) is 11.8 Å². The number of fused-ring (bicyclic) bond motifs is 1. The third kappa shape index (κ3) is 5.10. The van der Waals surface area contributed by atoms with Crippen LogP contribution in [0.4, 0.5) is 13.2 Å². The van der Waals surface area contributed by atoms with Gasteiger partial charge in [0.15, 0.2) is 5.78 Å². The summed E-state index contributed by atoms with van der Waals surface area (Å²) in [4.78, 5) is 31.3. The number of aromatic nitrogens is 2. The van der Waals surface area contributed by atoms with Gasteiger partial charge in [-0.1, -0.05) is 0 Å². The van der Waals surface area contributed by atoms with Crippen molar-refractivity contribution in [3.05, 3.63) is 58.4 Å². The number of nitriles is 1. The number of benzene rings is 1. The summed E-state index contributed by atoms with van der Waals surface area (Å²) in [6.45, 7) is 3.35. The average Bonchev–Trinajstić information content (AvgIpc) is 3.25. The van der Waals surface area contributed by atoms with E-state index >= 15 is 0 Å². The number of carbonyl (C=O) groups is 2. The number of carbonyl (C=O) groups excluding carboxylic acids is 2. The molecule has 10 heteroatoms. The van der Waals surface area contributed by atoms with E-state index in [0.717, 1.165) is 34.6 Å². The highest BCUT2D eigenvalue weighted by Crippen LogP contribution is 2.37. The lowest BCUT2D eigenvalue weighted by molar-refractivity contribution is -0.186. The lowest BCUT2D eigenvalue weighted by Gasteiger charge is -2.34. The summed E-state index contributed by atoms with van der Waals surface area (Å²) < 4.78 is 46.1. The van der Waals surface area contributed by atoms with Gasteiger partial charge in [0.1, 0.15) is 23.4 Å². The van der Waals surface area contributed by atoms with Crippen LogP contribution in [0.3, 0.4) is 0 Å². The molecule has 1 aliphatic heterocycles. The molecule has 0 N–H and O–H groups in total. The second-order valence-corrected chi connectivity index (χ2v) is 9.79. The molecule has 3 heterocycles. The predicted octanol–water partition coefficient (Wildman–Crippen LogP) is 5.09. The van der Waals surface area contributed by atoms with Crippen molar-refractivity contribution in [2.24, 2.45) is 13.0 Å². The largest absolute Gasteiger partial charge is 0.495 e. The van der Waals surface area contributed by atoms with Gasteiger partial charge in [0, 0.05) is 49.9 Å². The lowest BCUT2D eigenvalue weighted by atomic mass is 9.87.